The average Bonchev–Trinajstić information content (AvgIpc) is 2.54. The number of hydrogen-bond donors (Lipinski definition) is 4. The Morgan fingerprint density at radius 3 is 2.43 bits per heavy atom. The molecule has 2 aliphatic rings. The van der Waals surface area contributed by atoms with E-state index in [1.807, 2.05) is 0 Å². The summed E-state index contributed by atoms with van der Waals surface area (Å²) in [7, 11) is 0. The Morgan fingerprint density at radius 1 is 1.14 bits per heavy atom. The van der Waals surface area contributed by atoms with Crippen LogP contribution in [0.2, 0.25) is 0 Å². The van der Waals surface area contributed by atoms with Crippen LogP contribution in [0.4, 0.5) is 4.79 Å². The summed E-state index contributed by atoms with van der Waals surface area (Å²) in [5.74, 6) is 0. The molecule has 80 valence electrons. The summed E-state index contributed by atoms with van der Waals surface area (Å²) in [6.45, 7) is -0.0964. The molecule has 5 atom stereocenters. The third kappa shape index (κ3) is 1.10. The summed E-state index contributed by atoms with van der Waals surface area (Å²) in [5, 5.41) is 37.4. The maximum Gasteiger partial charge on any atom is 0.412 e. The molecule has 1 amide bonds. The summed E-state index contributed by atoms with van der Waals surface area (Å²) < 4.78 is 4.58. The minimum atomic E-state index is -1.58. The predicted octanol–water partition coefficient (Wildman–Crippen LogP) is -2.78. The third-order valence-electron chi connectivity index (χ3n) is 2.63. The fourth-order valence-electron chi connectivity index (χ4n) is 1.78. The Labute approximate surface area is 79.1 Å². The molecule has 2 fully saturated rings. The molecule has 0 aromatic rings. The van der Waals surface area contributed by atoms with Crippen LogP contribution in [0.3, 0.4) is 0 Å². The van der Waals surface area contributed by atoms with Crippen molar-refractivity contribution in [2.24, 2.45) is 0 Å². The van der Waals surface area contributed by atoms with Gasteiger partial charge in [-0.2, -0.15) is 0 Å². The van der Waals surface area contributed by atoms with Crippen molar-refractivity contribution in [3.63, 3.8) is 0 Å². The van der Waals surface area contributed by atoms with E-state index in [2.05, 4.69) is 4.74 Å². The standard InChI is InChI=1S/C7H11NO6/c9-3-2-1-14-7(13)8(2)6(12)5(11)4(3)10/h2-6,9-12H,1H2/t2-,3+,4-,5+,6-/m0/s1. The topological polar surface area (TPSA) is 110 Å². The van der Waals surface area contributed by atoms with Crippen LogP contribution in [0.1, 0.15) is 0 Å². The number of cyclic esters (lactones) is 1. The number of ether oxygens (including phenoxy) is 1. The van der Waals surface area contributed by atoms with Gasteiger partial charge in [0.1, 0.15) is 31.0 Å². The summed E-state index contributed by atoms with van der Waals surface area (Å²) in [6, 6.07) is -0.795. The highest BCUT2D eigenvalue weighted by Crippen LogP contribution is 2.28. The number of hydrogen-bond acceptors (Lipinski definition) is 6. The fraction of sp³-hybridized carbons (Fsp3) is 0.857. The van der Waals surface area contributed by atoms with Crippen molar-refractivity contribution < 1.29 is 30.0 Å². The fourth-order valence-corrected chi connectivity index (χ4v) is 1.78. The number of carbonyl (C=O) groups is 1. The van der Waals surface area contributed by atoms with E-state index in [1.54, 1.807) is 0 Å². The minimum Gasteiger partial charge on any atom is -0.447 e. The van der Waals surface area contributed by atoms with E-state index in [4.69, 9.17) is 0 Å². The van der Waals surface area contributed by atoms with Gasteiger partial charge in [0, 0.05) is 0 Å². The Hall–Kier alpha value is -0.890. The predicted molar refractivity (Wildman–Crippen MR) is 41.0 cm³/mol. The van der Waals surface area contributed by atoms with E-state index < -0.39 is 36.7 Å². The minimum absolute atomic E-state index is 0.0964. The van der Waals surface area contributed by atoms with Crippen molar-refractivity contribution in [1.82, 2.24) is 4.90 Å². The highest BCUT2D eigenvalue weighted by molar-refractivity contribution is 5.70. The lowest BCUT2D eigenvalue weighted by Crippen LogP contribution is -2.65. The normalized spacial score (nSPS) is 47.6. The van der Waals surface area contributed by atoms with Crippen molar-refractivity contribution in [3.8, 4) is 0 Å². The summed E-state index contributed by atoms with van der Waals surface area (Å²) in [6.07, 6.45) is -6.69. The van der Waals surface area contributed by atoms with Crippen LogP contribution in [0.5, 0.6) is 0 Å². The van der Waals surface area contributed by atoms with Crippen LogP contribution >= 0.6 is 0 Å². The molecule has 0 spiro atoms. The molecule has 0 aliphatic carbocycles. The SMILES string of the molecule is O=C1OC[C@H]2[C@@H](O)[C@H](O)[C@@H](O)[C@H](O)N12. The molecule has 0 aromatic heterocycles. The monoisotopic (exact) mass is 205 g/mol. The quantitative estimate of drug-likeness (QED) is 0.340. The van der Waals surface area contributed by atoms with E-state index in [0.717, 1.165) is 4.90 Å². The third-order valence-corrected chi connectivity index (χ3v) is 2.63. The zero-order valence-electron chi connectivity index (χ0n) is 7.15. The van der Waals surface area contributed by atoms with Gasteiger partial charge in [0.15, 0.2) is 6.23 Å². The smallest absolute Gasteiger partial charge is 0.412 e. The number of rotatable bonds is 0. The Kier molecular flexibility index (Phi) is 2.11. The van der Waals surface area contributed by atoms with Crippen molar-refractivity contribution in [2.45, 2.75) is 30.6 Å². The number of fused-ring (bicyclic) bond motifs is 1. The van der Waals surface area contributed by atoms with E-state index >= 15 is 0 Å². The number of carbonyl (C=O) groups excluding carboxylic acids is 1. The Morgan fingerprint density at radius 2 is 1.79 bits per heavy atom. The van der Waals surface area contributed by atoms with Gasteiger partial charge >= 0.3 is 6.09 Å². The number of amides is 1. The zero-order valence-corrected chi connectivity index (χ0v) is 7.15. The van der Waals surface area contributed by atoms with Gasteiger partial charge in [-0.3, -0.25) is 4.90 Å². The molecule has 0 unspecified atom stereocenters. The molecule has 2 heterocycles. The van der Waals surface area contributed by atoms with Gasteiger partial charge in [0.05, 0.1) is 0 Å². The van der Waals surface area contributed by atoms with Gasteiger partial charge in [0.2, 0.25) is 0 Å². The molecule has 0 bridgehead atoms. The molecule has 0 saturated carbocycles. The molecule has 14 heavy (non-hydrogen) atoms. The highest BCUT2D eigenvalue weighted by Gasteiger charge is 2.53. The first kappa shape index (κ1) is 9.66. The van der Waals surface area contributed by atoms with Crippen molar-refractivity contribution >= 4 is 6.09 Å². The van der Waals surface area contributed by atoms with Crippen molar-refractivity contribution in [3.05, 3.63) is 0 Å². The van der Waals surface area contributed by atoms with E-state index in [-0.39, 0.29) is 6.61 Å². The lowest BCUT2D eigenvalue weighted by molar-refractivity contribution is -0.193. The first-order valence-electron chi connectivity index (χ1n) is 4.21. The van der Waals surface area contributed by atoms with Crippen LogP contribution in [-0.4, -0.2) is 68.6 Å². The van der Waals surface area contributed by atoms with Gasteiger partial charge in [0.25, 0.3) is 0 Å². The zero-order chi connectivity index (χ0) is 10.5. The largest absolute Gasteiger partial charge is 0.447 e. The summed E-state index contributed by atoms with van der Waals surface area (Å²) in [4.78, 5) is 11.9. The average molecular weight is 205 g/mol. The van der Waals surface area contributed by atoms with Crippen LogP contribution in [0.15, 0.2) is 0 Å². The van der Waals surface area contributed by atoms with E-state index in [9.17, 15) is 25.2 Å². The van der Waals surface area contributed by atoms with Gasteiger partial charge < -0.3 is 25.2 Å². The molecule has 0 radical (unpaired) electrons. The molecule has 7 heteroatoms. The van der Waals surface area contributed by atoms with Crippen LogP contribution in [0.25, 0.3) is 0 Å². The maximum absolute atomic E-state index is 11.1. The summed E-state index contributed by atoms with van der Waals surface area (Å²) >= 11 is 0. The van der Waals surface area contributed by atoms with Crippen LogP contribution in [-0.2, 0) is 4.74 Å². The Balaban J connectivity index is 2.27. The second-order valence-electron chi connectivity index (χ2n) is 3.44. The van der Waals surface area contributed by atoms with Gasteiger partial charge in [-0.25, -0.2) is 4.79 Å². The van der Waals surface area contributed by atoms with Crippen molar-refractivity contribution in [2.75, 3.05) is 6.61 Å². The molecule has 7 nitrogen and oxygen atoms in total. The van der Waals surface area contributed by atoms with Gasteiger partial charge in [-0.1, -0.05) is 0 Å². The highest BCUT2D eigenvalue weighted by atomic mass is 16.6. The first-order valence-corrected chi connectivity index (χ1v) is 4.21. The van der Waals surface area contributed by atoms with E-state index in [1.165, 1.54) is 0 Å². The van der Waals surface area contributed by atoms with Crippen LogP contribution < -0.4 is 0 Å². The van der Waals surface area contributed by atoms with Gasteiger partial charge in [-0.15, -0.1) is 0 Å². The molecule has 2 rings (SSSR count). The first-order chi connectivity index (χ1) is 6.54. The molecule has 4 N–H and O–H groups in total. The molecular formula is C7H11NO6. The Bertz CT molecular complexity index is 259. The second-order valence-corrected chi connectivity index (χ2v) is 3.44. The number of aliphatic hydroxyl groups is 4. The molecule has 2 aliphatic heterocycles. The lowest BCUT2D eigenvalue weighted by atomic mass is 9.94. The van der Waals surface area contributed by atoms with Crippen LogP contribution in [0, 0.1) is 0 Å². The van der Waals surface area contributed by atoms with Crippen molar-refractivity contribution in [1.29, 1.82) is 0 Å². The molecule has 2 saturated heterocycles. The number of nitrogens with zero attached hydrogens (tertiary/aromatic N) is 1. The second kappa shape index (κ2) is 3.06. The maximum atomic E-state index is 11.1. The van der Waals surface area contributed by atoms with Gasteiger partial charge in [-0.05, 0) is 0 Å². The summed E-state index contributed by atoms with van der Waals surface area (Å²) in [5.41, 5.74) is 0. The number of piperidine rings is 1. The molecular weight excluding hydrogens is 194 g/mol. The lowest BCUT2D eigenvalue weighted by Gasteiger charge is -2.41. The van der Waals surface area contributed by atoms with E-state index in [0.29, 0.717) is 0 Å². The molecule has 0 aromatic carbocycles. The number of aliphatic hydroxyl groups excluding tert-OH is 4.